The second kappa shape index (κ2) is 4.19. The van der Waals surface area contributed by atoms with Crippen LogP contribution in [0.3, 0.4) is 0 Å². The van der Waals surface area contributed by atoms with Crippen molar-refractivity contribution in [1.82, 2.24) is 0 Å². The van der Waals surface area contributed by atoms with E-state index in [0.717, 1.165) is 18.4 Å². The number of rotatable bonds is 3. The summed E-state index contributed by atoms with van der Waals surface area (Å²) in [5.74, 6) is 0.341. The lowest BCUT2D eigenvalue weighted by Crippen LogP contribution is -1.76. The first kappa shape index (κ1) is 8.28. The topological polar surface area (TPSA) is 20.2 Å². The predicted molar refractivity (Wildman–Crippen MR) is 40.4 cm³/mol. The number of hydrogen-bond donors (Lipinski definition) is 1. The maximum atomic E-state index is 8.75. The van der Waals surface area contributed by atoms with Crippen LogP contribution in [0.2, 0.25) is 0 Å². The molecule has 0 spiro atoms. The predicted octanol–water partition coefficient (Wildman–Crippen LogP) is 2.80. The van der Waals surface area contributed by atoms with Gasteiger partial charge >= 0.3 is 0 Å². The number of aliphatic hydroxyl groups excluding tert-OH is 1. The van der Waals surface area contributed by atoms with Crippen LogP contribution in [0.15, 0.2) is 24.0 Å². The summed E-state index contributed by atoms with van der Waals surface area (Å²) in [6, 6.07) is 0. The SMILES string of the molecule is C=C(/C=C(\C)O)CCC. The molecular weight excluding hydrogens is 112 g/mol. The summed E-state index contributed by atoms with van der Waals surface area (Å²) < 4.78 is 0. The first-order valence-corrected chi connectivity index (χ1v) is 3.22. The molecule has 0 aromatic carbocycles. The molecule has 0 aliphatic carbocycles. The second-order valence-electron chi connectivity index (χ2n) is 2.19. The van der Waals surface area contributed by atoms with Crippen molar-refractivity contribution in [3.05, 3.63) is 24.0 Å². The summed E-state index contributed by atoms with van der Waals surface area (Å²) in [6.45, 7) is 7.49. The van der Waals surface area contributed by atoms with Crippen molar-refractivity contribution in [3.8, 4) is 0 Å². The molecule has 1 heteroatoms. The minimum Gasteiger partial charge on any atom is -0.513 e. The summed E-state index contributed by atoms with van der Waals surface area (Å²) in [5, 5.41) is 8.75. The molecule has 0 aliphatic rings. The summed E-state index contributed by atoms with van der Waals surface area (Å²) in [5.41, 5.74) is 0.998. The third-order valence-electron chi connectivity index (χ3n) is 0.984. The Bertz CT molecular complexity index is 119. The molecule has 0 atom stereocenters. The van der Waals surface area contributed by atoms with Crippen LogP contribution in [0.1, 0.15) is 26.7 Å². The molecule has 0 fully saturated rings. The van der Waals surface area contributed by atoms with Crippen molar-refractivity contribution in [2.75, 3.05) is 0 Å². The van der Waals surface area contributed by atoms with Gasteiger partial charge in [-0.05, 0) is 19.4 Å². The normalized spacial score (nSPS) is 11.6. The van der Waals surface area contributed by atoms with Crippen molar-refractivity contribution in [2.24, 2.45) is 0 Å². The largest absolute Gasteiger partial charge is 0.513 e. The Kier molecular flexibility index (Phi) is 3.85. The summed E-state index contributed by atoms with van der Waals surface area (Å²) in [7, 11) is 0. The molecule has 0 aromatic rings. The molecule has 0 radical (unpaired) electrons. The highest BCUT2D eigenvalue weighted by atomic mass is 16.3. The maximum absolute atomic E-state index is 8.75. The number of hydrogen-bond acceptors (Lipinski definition) is 1. The minimum atomic E-state index is 0.341. The molecule has 1 N–H and O–H groups in total. The van der Waals surface area contributed by atoms with Crippen LogP contribution in [0.5, 0.6) is 0 Å². The lowest BCUT2D eigenvalue weighted by Gasteiger charge is -1.94. The lowest BCUT2D eigenvalue weighted by atomic mass is 10.1. The number of aliphatic hydroxyl groups is 1. The van der Waals surface area contributed by atoms with Gasteiger partial charge in [0.25, 0.3) is 0 Å². The number of allylic oxidation sites excluding steroid dienone is 3. The second-order valence-corrected chi connectivity index (χ2v) is 2.19. The highest BCUT2D eigenvalue weighted by molar-refractivity contribution is 5.15. The van der Waals surface area contributed by atoms with E-state index in [4.69, 9.17) is 5.11 Å². The van der Waals surface area contributed by atoms with E-state index < -0.39 is 0 Å². The van der Waals surface area contributed by atoms with Gasteiger partial charge in [0.2, 0.25) is 0 Å². The van der Waals surface area contributed by atoms with Crippen molar-refractivity contribution in [2.45, 2.75) is 26.7 Å². The van der Waals surface area contributed by atoms with Gasteiger partial charge in [-0.15, -0.1) is 0 Å². The van der Waals surface area contributed by atoms with E-state index in [9.17, 15) is 0 Å². The average Bonchev–Trinajstić information content (AvgIpc) is 1.63. The van der Waals surface area contributed by atoms with Gasteiger partial charge in [-0.2, -0.15) is 0 Å². The van der Waals surface area contributed by atoms with Crippen molar-refractivity contribution in [1.29, 1.82) is 0 Å². The van der Waals surface area contributed by atoms with E-state index in [1.54, 1.807) is 13.0 Å². The molecule has 9 heavy (non-hydrogen) atoms. The molecule has 1 nitrogen and oxygen atoms in total. The van der Waals surface area contributed by atoms with Crippen LogP contribution >= 0.6 is 0 Å². The average molecular weight is 126 g/mol. The lowest BCUT2D eigenvalue weighted by molar-refractivity contribution is 0.413. The Morgan fingerprint density at radius 3 is 2.56 bits per heavy atom. The highest BCUT2D eigenvalue weighted by Gasteiger charge is 1.86. The van der Waals surface area contributed by atoms with E-state index in [1.165, 1.54) is 0 Å². The van der Waals surface area contributed by atoms with Crippen molar-refractivity contribution >= 4 is 0 Å². The van der Waals surface area contributed by atoms with Gasteiger partial charge in [-0.3, -0.25) is 0 Å². The molecule has 0 heterocycles. The zero-order valence-corrected chi connectivity index (χ0v) is 6.15. The molecule has 0 aromatic heterocycles. The fourth-order valence-corrected chi connectivity index (χ4v) is 0.689. The maximum Gasteiger partial charge on any atom is 0.0894 e. The summed E-state index contributed by atoms with van der Waals surface area (Å²) >= 11 is 0. The van der Waals surface area contributed by atoms with E-state index in [2.05, 4.69) is 13.5 Å². The molecule has 0 unspecified atom stereocenters. The van der Waals surface area contributed by atoms with Gasteiger partial charge < -0.3 is 5.11 Å². The molecule has 52 valence electrons. The van der Waals surface area contributed by atoms with Crippen LogP contribution in [-0.4, -0.2) is 5.11 Å². The summed E-state index contributed by atoms with van der Waals surface area (Å²) in [6.07, 6.45) is 3.75. The standard InChI is InChI=1S/C8H14O/c1-4-5-7(2)6-8(3)9/h6,9H,2,4-5H2,1,3H3/b8-6+. The summed E-state index contributed by atoms with van der Waals surface area (Å²) in [4.78, 5) is 0. The van der Waals surface area contributed by atoms with Crippen LogP contribution in [0.25, 0.3) is 0 Å². The first-order valence-electron chi connectivity index (χ1n) is 3.22. The van der Waals surface area contributed by atoms with Crippen molar-refractivity contribution < 1.29 is 5.11 Å². The zero-order chi connectivity index (χ0) is 7.28. The van der Waals surface area contributed by atoms with Crippen LogP contribution < -0.4 is 0 Å². The Morgan fingerprint density at radius 1 is 1.67 bits per heavy atom. The minimum absolute atomic E-state index is 0.341. The molecule has 0 aliphatic heterocycles. The van der Waals surface area contributed by atoms with Crippen LogP contribution in [0, 0.1) is 0 Å². The smallest absolute Gasteiger partial charge is 0.0894 e. The third kappa shape index (κ3) is 5.15. The van der Waals surface area contributed by atoms with Gasteiger partial charge in [0.15, 0.2) is 0 Å². The third-order valence-corrected chi connectivity index (χ3v) is 0.984. The monoisotopic (exact) mass is 126 g/mol. The van der Waals surface area contributed by atoms with Crippen LogP contribution in [-0.2, 0) is 0 Å². The molecule has 0 bridgehead atoms. The van der Waals surface area contributed by atoms with Gasteiger partial charge in [-0.25, -0.2) is 0 Å². The molecular formula is C8H14O. The van der Waals surface area contributed by atoms with E-state index in [-0.39, 0.29) is 0 Å². The quantitative estimate of drug-likeness (QED) is 0.455. The van der Waals surface area contributed by atoms with Gasteiger partial charge in [0.05, 0.1) is 5.76 Å². The Morgan fingerprint density at radius 2 is 2.22 bits per heavy atom. The first-order chi connectivity index (χ1) is 4.16. The fourth-order valence-electron chi connectivity index (χ4n) is 0.689. The molecule has 0 saturated carbocycles. The van der Waals surface area contributed by atoms with Gasteiger partial charge in [-0.1, -0.05) is 25.5 Å². The van der Waals surface area contributed by atoms with Crippen LogP contribution in [0.4, 0.5) is 0 Å². The Labute approximate surface area is 56.7 Å². The van der Waals surface area contributed by atoms with E-state index in [0.29, 0.717) is 5.76 Å². The van der Waals surface area contributed by atoms with Gasteiger partial charge in [0, 0.05) is 0 Å². The fraction of sp³-hybridized carbons (Fsp3) is 0.500. The Balaban J connectivity index is 3.63. The van der Waals surface area contributed by atoms with E-state index >= 15 is 0 Å². The van der Waals surface area contributed by atoms with E-state index in [1.807, 2.05) is 0 Å². The molecule has 0 saturated heterocycles. The van der Waals surface area contributed by atoms with Gasteiger partial charge in [0.1, 0.15) is 0 Å². The zero-order valence-electron chi connectivity index (χ0n) is 6.15. The highest BCUT2D eigenvalue weighted by Crippen LogP contribution is 2.04. The molecule has 0 rings (SSSR count). The Hall–Kier alpha value is -0.720. The van der Waals surface area contributed by atoms with Crippen molar-refractivity contribution in [3.63, 3.8) is 0 Å². The molecule has 0 amide bonds.